The molecule has 2 aromatic carbocycles. The zero-order valence-corrected chi connectivity index (χ0v) is 17.2. The summed E-state index contributed by atoms with van der Waals surface area (Å²) in [6, 6.07) is 17.0. The third-order valence-corrected chi connectivity index (χ3v) is 4.32. The summed E-state index contributed by atoms with van der Waals surface area (Å²) < 4.78 is 5.54. The zero-order chi connectivity index (χ0) is 20.3. The van der Waals surface area contributed by atoms with Gasteiger partial charge >= 0.3 is 5.97 Å². The molecule has 0 bridgehead atoms. The minimum absolute atomic E-state index is 0.362. The van der Waals surface area contributed by atoms with Crippen LogP contribution in [0.5, 0.6) is 0 Å². The number of halogens is 1. The van der Waals surface area contributed by atoms with E-state index in [2.05, 4.69) is 10.3 Å². The number of anilines is 2. The van der Waals surface area contributed by atoms with E-state index in [9.17, 15) is 4.79 Å². The highest BCUT2D eigenvalue weighted by molar-refractivity contribution is 6.33. The SMILES string of the molecule is Cc1ccc(Nc2ccc(-c3ccccc3Cl)nc2)c(C(=O)OC(C)(C)C)c1. The molecule has 5 heteroatoms. The molecule has 0 aliphatic carbocycles. The fourth-order valence-electron chi connectivity index (χ4n) is 2.72. The Balaban J connectivity index is 1.86. The molecule has 28 heavy (non-hydrogen) atoms. The summed E-state index contributed by atoms with van der Waals surface area (Å²) in [7, 11) is 0. The Hall–Kier alpha value is -2.85. The number of hydrogen-bond acceptors (Lipinski definition) is 4. The average Bonchev–Trinajstić information content (AvgIpc) is 2.63. The van der Waals surface area contributed by atoms with Gasteiger partial charge in [0.2, 0.25) is 0 Å². The fraction of sp³-hybridized carbons (Fsp3) is 0.217. The van der Waals surface area contributed by atoms with E-state index in [1.54, 1.807) is 6.20 Å². The maximum Gasteiger partial charge on any atom is 0.340 e. The number of aromatic nitrogens is 1. The largest absolute Gasteiger partial charge is 0.456 e. The third kappa shape index (κ3) is 4.90. The first-order valence-corrected chi connectivity index (χ1v) is 9.43. The monoisotopic (exact) mass is 394 g/mol. The van der Waals surface area contributed by atoms with E-state index in [-0.39, 0.29) is 5.97 Å². The number of carbonyl (C=O) groups is 1. The summed E-state index contributed by atoms with van der Waals surface area (Å²) in [5, 5.41) is 3.92. The Morgan fingerprint density at radius 1 is 1.07 bits per heavy atom. The number of hydrogen-bond donors (Lipinski definition) is 1. The van der Waals surface area contributed by atoms with Crippen LogP contribution in [0.2, 0.25) is 5.02 Å². The van der Waals surface area contributed by atoms with E-state index in [4.69, 9.17) is 16.3 Å². The van der Waals surface area contributed by atoms with Crippen molar-refractivity contribution >= 4 is 28.9 Å². The van der Waals surface area contributed by atoms with Crippen LogP contribution >= 0.6 is 11.6 Å². The van der Waals surface area contributed by atoms with E-state index in [1.807, 2.05) is 82.3 Å². The van der Waals surface area contributed by atoms with Gasteiger partial charge in [0.25, 0.3) is 0 Å². The number of pyridine rings is 1. The van der Waals surface area contributed by atoms with Crippen molar-refractivity contribution in [3.63, 3.8) is 0 Å². The number of benzene rings is 2. The van der Waals surface area contributed by atoms with Gasteiger partial charge in [-0.05, 0) is 58.0 Å². The van der Waals surface area contributed by atoms with Crippen molar-refractivity contribution in [2.45, 2.75) is 33.3 Å². The molecule has 0 aliphatic heterocycles. The average molecular weight is 395 g/mol. The van der Waals surface area contributed by atoms with E-state index in [1.165, 1.54) is 0 Å². The summed E-state index contributed by atoms with van der Waals surface area (Å²) in [4.78, 5) is 17.1. The second-order valence-corrected chi connectivity index (χ2v) is 8.00. The molecule has 0 radical (unpaired) electrons. The molecule has 0 spiro atoms. The van der Waals surface area contributed by atoms with Gasteiger partial charge in [-0.1, -0.05) is 41.4 Å². The van der Waals surface area contributed by atoms with Crippen molar-refractivity contribution in [1.29, 1.82) is 0 Å². The number of rotatable bonds is 4. The van der Waals surface area contributed by atoms with Gasteiger partial charge in [-0.15, -0.1) is 0 Å². The van der Waals surface area contributed by atoms with Gasteiger partial charge in [0, 0.05) is 10.6 Å². The molecule has 0 fully saturated rings. The molecule has 0 saturated heterocycles. The predicted octanol–water partition coefficient (Wildman–Crippen LogP) is 6.41. The molecule has 3 rings (SSSR count). The Bertz CT molecular complexity index is 992. The van der Waals surface area contributed by atoms with Crippen molar-refractivity contribution in [3.05, 3.63) is 76.9 Å². The molecule has 3 aromatic rings. The number of carbonyl (C=O) groups excluding carboxylic acids is 1. The van der Waals surface area contributed by atoms with Gasteiger partial charge in [0.1, 0.15) is 5.60 Å². The highest BCUT2D eigenvalue weighted by Crippen LogP contribution is 2.28. The summed E-state index contributed by atoms with van der Waals surface area (Å²) in [5.41, 5.74) is 4.02. The molecule has 4 nitrogen and oxygen atoms in total. The minimum Gasteiger partial charge on any atom is -0.456 e. The molecule has 1 aromatic heterocycles. The number of ether oxygens (including phenoxy) is 1. The lowest BCUT2D eigenvalue weighted by Crippen LogP contribution is -2.24. The maximum atomic E-state index is 12.6. The number of nitrogens with one attached hydrogen (secondary N) is 1. The molecule has 0 saturated carbocycles. The Morgan fingerprint density at radius 3 is 2.46 bits per heavy atom. The van der Waals surface area contributed by atoms with Crippen LogP contribution in [0.25, 0.3) is 11.3 Å². The molecule has 1 heterocycles. The molecule has 0 atom stereocenters. The number of aryl methyl sites for hydroxylation is 1. The van der Waals surface area contributed by atoms with Gasteiger partial charge in [0.05, 0.1) is 28.8 Å². The summed E-state index contributed by atoms with van der Waals surface area (Å²) in [6.45, 7) is 7.50. The Kier molecular flexibility index (Phi) is 5.71. The molecule has 144 valence electrons. The lowest BCUT2D eigenvalue weighted by atomic mass is 10.1. The highest BCUT2D eigenvalue weighted by atomic mass is 35.5. The predicted molar refractivity (Wildman–Crippen MR) is 114 cm³/mol. The van der Waals surface area contributed by atoms with Gasteiger partial charge < -0.3 is 10.1 Å². The molecule has 0 aliphatic rings. The summed E-state index contributed by atoms with van der Waals surface area (Å²) in [6.07, 6.45) is 1.72. The third-order valence-electron chi connectivity index (χ3n) is 3.99. The van der Waals surface area contributed by atoms with Crippen LogP contribution in [-0.2, 0) is 4.74 Å². The fourth-order valence-corrected chi connectivity index (χ4v) is 2.95. The topological polar surface area (TPSA) is 51.2 Å². The zero-order valence-electron chi connectivity index (χ0n) is 16.4. The van der Waals surface area contributed by atoms with Gasteiger partial charge in [-0.25, -0.2) is 4.79 Å². The van der Waals surface area contributed by atoms with Crippen molar-refractivity contribution in [2.75, 3.05) is 5.32 Å². The van der Waals surface area contributed by atoms with Crippen molar-refractivity contribution in [2.24, 2.45) is 0 Å². The van der Waals surface area contributed by atoms with Crippen LogP contribution in [0.15, 0.2) is 60.8 Å². The first kappa shape index (κ1) is 19.9. The van der Waals surface area contributed by atoms with Crippen LogP contribution in [-0.4, -0.2) is 16.6 Å². The quantitative estimate of drug-likeness (QED) is 0.519. The van der Waals surface area contributed by atoms with E-state index in [0.29, 0.717) is 16.3 Å². The standard InChI is InChI=1S/C23H23ClN2O2/c1-15-9-11-21(18(13-15)22(27)28-23(2,3)4)26-16-10-12-20(25-14-16)17-7-5-6-8-19(17)24/h5-14,26H,1-4H3. The van der Waals surface area contributed by atoms with Crippen molar-refractivity contribution in [3.8, 4) is 11.3 Å². The van der Waals surface area contributed by atoms with Crippen LogP contribution in [0.1, 0.15) is 36.7 Å². The first-order valence-electron chi connectivity index (χ1n) is 9.05. The summed E-state index contributed by atoms with van der Waals surface area (Å²) >= 11 is 6.24. The van der Waals surface area contributed by atoms with Crippen LogP contribution in [0.3, 0.4) is 0 Å². The molecule has 1 N–H and O–H groups in total. The number of nitrogens with zero attached hydrogens (tertiary/aromatic N) is 1. The van der Waals surface area contributed by atoms with Gasteiger partial charge in [-0.2, -0.15) is 0 Å². The minimum atomic E-state index is -0.559. The maximum absolute atomic E-state index is 12.6. The second-order valence-electron chi connectivity index (χ2n) is 7.59. The smallest absolute Gasteiger partial charge is 0.340 e. The Labute approximate surface area is 170 Å². The Morgan fingerprint density at radius 2 is 1.82 bits per heavy atom. The van der Waals surface area contributed by atoms with Crippen LogP contribution in [0.4, 0.5) is 11.4 Å². The van der Waals surface area contributed by atoms with E-state index < -0.39 is 5.60 Å². The molecular weight excluding hydrogens is 372 g/mol. The summed E-state index contributed by atoms with van der Waals surface area (Å²) in [5.74, 6) is -0.362. The normalized spacial score (nSPS) is 11.2. The molecular formula is C23H23ClN2O2. The van der Waals surface area contributed by atoms with Crippen LogP contribution < -0.4 is 5.32 Å². The lowest BCUT2D eigenvalue weighted by Gasteiger charge is -2.21. The number of esters is 1. The van der Waals surface area contributed by atoms with E-state index >= 15 is 0 Å². The van der Waals surface area contributed by atoms with Crippen LogP contribution in [0, 0.1) is 6.92 Å². The highest BCUT2D eigenvalue weighted by Gasteiger charge is 2.20. The molecule has 0 unspecified atom stereocenters. The molecule has 0 amide bonds. The first-order chi connectivity index (χ1) is 13.2. The van der Waals surface area contributed by atoms with Crippen molar-refractivity contribution < 1.29 is 9.53 Å². The van der Waals surface area contributed by atoms with E-state index in [0.717, 1.165) is 22.5 Å². The van der Waals surface area contributed by atoms with Gasteiger partial charge in [-0.3, -0.25) is 4.98 Å². The van der Waals surface area contributed by atoms with Gasteiger partial charge in [0.15, 0.2) is 0 Å². The van der Waals surface area contributed by atoms with Crippen molar-refractivity contribution in [1.82, 2.24) is 4.98 Å². The second kappa shape index (κ2) is 8.03. The lowest BCUT2D eigenvalue weighted by molar-refractivity contribution is 0.00706.